The molecule has 0 saturated carbocycles. The molecule has 134 valence electrons. The number of H-pyrrole nitrogens is 1. The maximum absolute atomic E-state index is 12.7. The largest absolute Gasteiger partial charge is 0.338 e. The number of pyridine rings is 1. The molecule has 1 fully saturated rings. The van der Waals surface area contributed by atoms with Gasteiger partial charge in [0.25, 0.3) is 11.5 Å². The molecule has 1 amide bonds. The molecule has 0 bridgehead atoms. The number of aromatic nitrogens is 4. The van der Waals surface area contributed by atoms with Crippen LogP contribution in [0, 0.1) is 0 Å². The van der Waals surface area contributed by atoms with Gasteiger partial charge in [-0.2, -0.15) is 0 Å². The number of nitrogens with zero attached hydrogens (tertiary/aromatic N) is 5. The number of nitrogens with one attached hydrogen (secondary N) is 1. The summed E-state index contributed by atoms with van der Waals surface area (Å²) in [5.41, 5.74) is -0.157. The van der Waals surface area contributed by atoms with Crippen molar-refractivity contribution in [2.45, 2.75) is 25.3 Å². The first kappa shape index (κ1) is 17.3. The summed E-state index contributed by atoms with van der Waals surface area (Å²) in [6.45, 7) is 1.94. The molecule has 25 heavy (non-hydrogen) atoms. The molecule has 8 heteroatoms. The van der Waals surface area contributed by atoms with Gasteiger partial charge < -0.3 is 19.4 Å². The summed E-state index contributed by atoms with van der Waals surface area (Å²) in [7, 11) is 5.95. The van der Waals surface area contributed by atoms with Crippen molar-refractivity contribution < 1.29 is 4.79 Å². The van der Waals surface area contributed by atoms with Crippen LogP contribution in [0.4, 0.5) is 0 Å². The van der Waals surface area contributed by atoms with E-state index in [0.717, 1.165) is 31.0 Å². The molecule has 0 radical (unpaired) electrons. The Morgan fingerprint density at radius 1 is 1.40 bits per heavy atom. The fraction of sp³-hybridized carbons (Fsp3) is 0.529. The van der Waals surface area contributed by atoms with Crippen LogP contribution < -0.4 is 5.56 Å². The number of rotatable bonds is 4. The van der Waals surface area contributed by atoms with Crippen molar-refractivity contribution in [3.05, 3.63) is 45.9 Å². The van der Waals surface area contributed by atoms with Crippen LogP contribution in [0.15, 0.2) is 23.1 Å². The van der Waals surface area contributed by atoms with Crippen molar-refractivity contribution >= 4 is 5.91 Å². The van der Waals surface area contributed by atoms with Crippen molar-refractivity contribution in [1.29, 1.82) is 0 Å². The van der Waals surface area contributed by atoms with E-state index in [1.807, 2.05) is 30.6 Å². The van der Waals surface area contributed by atoms with Gasteiger partial charge in [0.15, 0.2) is 0 Å². The standard InChI is InChI=1S/C17H24N6O2/c1-21(2)11-14-19-20-15(22(14)3)12-6-5-9-23(10-12)17(25)13-7-4-8-18-16(13)24/h4,7-8,12H,5-6,9-11H2,1-3H3,(H,18,24). The number of carbonyl (C=O) groups is 1. The first-order chi connectivity index (χ1) is 12.0. The fourth-order valence-electron chi connectivity index (χ4n) is 3.28. The average Bonchev–Trinajstić information content (AvgIpc) is 2.95. The lowest BCUT2D eigenvalue weighted by molar-refractivity contribution is 0.0701. The number of hydrogen-bond donors (Lipinski definition) is 1. The van der Waals surface area contributed by atoms with Gasteiger partial charge in [0.1, 0.15) is 17.2 Å². The zero-order valence-electron chi connectivity index (χ0n) is 14.9. The monoisotopic (exact) mass is 344 g/mol. The van der Waals surface area contributed by atoms with Gasteiger partial charge in [-0.15, -0.1) is 10.2 Å². The lowest BCUT2D eigenvalue weighted by Crippen LogP contribution is -2.41. The van der Waals surface area contributed by atoms with Crippen molar-refractivity contribution in [2.24, 2.45) is 7.05 Å². The highest BCUT2D eigenvalue weighted by Gasteiger charge is 2.29. The average molecular weight is 344 g/mol. The summed E-state index contributed by atoms with van der Waals surface area (Å²) < 4.78 is 2.02. The zero-order chi connectivity index (χ0) is 18.0. The Hall–Kier alpha value is -2.48. The van der Waals surface area contributed by atoms with Crippen LogP contribution in [0.25, 0.3) is 0 Å². The van der Waals surface area contributed by atoms with Crippen molar-refractivity contribution in [3.8, 4) is 0 Å². The van der Waals surface area contributed by atoms with Crippen molar-refractivity contribution in [2.75, 3.05) is 27.2 Å². The minimum atomic E-state index is -0.346. The third-order valence-corrected chi connectivity index (χ3v) is 4.58. The zero-order valence-corrected chi connectivity index (χ0v) is 14.9. The van der Waals surface area contributed by atoms with E-state index in [4.69, 9.17) is 0 Å². The molecule has 1 aliphatic rings. The Bertz CT molecular complexity index is 809. The van der Waals surface area contributed by atoms with E-state index in [2.05, 4.69) is 15.2 Å². The number of piperidine rings is 1. The second-order valence-corrected chi connectivity index (χ2v) is 6.77. The Labute approximate surface area is 146 Å². The molecule has 0 aromatic carbocycles. The maximum atomic E-state index is 12.7. The Morgan fingerprint density at radius 2 is 2.20 bits per heavy atom. The maximum Gasteiger partial charge on any atom is 0.260 e. The molecule has 1 N–H and O–H groups in total. The molecular formula is C17H24N6O2. The Morgan fingerprint density at radius 3 is 2.92 bits per heavy atom. The second-order valence-electron chi connectivity index (χ2n) is 6.77. The third kappa shape index (κ3) is 3.63. The number of aromatic amines is 1. The molecule has 2 aromatic rings. The molecule has 1 atom stereocenters. The van der Waals surface area contributed by atoms with Crippen LogP contribution in [-0.4, -0.2) is 62.6 Å². The molecule has 0 spiro atoms. The van der Waals surface area contributed by atoms with E-state index in [1.165, 1.54) is 6.20 Å². The summed E-state index contributed by atoms with van der Waals surface area (Å²) in [4.78, 5) is 30.9. The van der Waals surface area contributed by atoms with Crippen LogP contribution in [0.5, 0.6) is 0 Å². The second kappa shape index (κ2) is 7.18. The van der Waals surface area contributed by atoms with E-state index in [1.54, 1.807) is 17.0 Å². The molecule has 2 aromatic heterocycles. The molecular weight excluding hydrogens is 320 g/mol. The quantitative estimate of drug-likeness (QED) is 0.877. The summed E-state index contributed by atoms with van der Waals surface area (Å²) >= 11 is 0. The Balaban J connectivity index is 1.78. The Kier molecular flexibility index (Phi) is 4.98. The predicted molar refractivity (Wildman–Crippen MR) is 93.3 cm³/mol. The molecule has 8 nitrogen and oxygen atoms in total. The number of amides is 1. The molecule has 3 heterocycles. The molecule has 0 aliphatic carbocycles. The van der Waals surface area contributed by atoms with Crippen LogP contribution in [0.2, 0.25) is 0 Å². The van der Waals surface area contributed by atoms with E-state index in [-0.39, 0.29) is 22.9 Å². The van der Waals surface area contributed by atoms with Crippen molar-refractivity contribution in [1.82, 2.24) is 29.5 Å². The molecule has 1 saturated heterocycles. The van der Waals surface area contributed by atoms with E-state index < -0.39 is 0 Å². The molecule has 1 aliphatic heterocycles. The van der Waals surface area contributed by atoms with E-state index in [0.29, 0.717) is 13.1 Å². The van der Waals surface area contributed by atoms with E-state index >= 15 is 0 Å². The number of likely N-dealkylation sites (tertiary alicyclic amines) is 1. The first-order valence-electron chi connectivity index (χ1n) is 8.47. The first-order valence-corrected chi connectivity index (χ1v) is 8.47. The van der Waals surface area contributed by atoms with Gasteiger partial charge >= 0.3 is 0 Å². The van der Waals surface area contributed by atoms with Crippen LogP contribution >= 0.6 is 0 Å². The normalized spacial score (nSPS) is 17.9. The van der Waals surface area contributed by atoms with Gasteiger partial charge in [0, 0.05) is 32.3 Å². The molecule has 3 rings (SSSR count). The highest BCUT2D eigenvalue weighted by molar-refractivity contribution is 5.93. The predicted octanol–water partition coefficient (Wildman–Crippen LogP) is 0.585. The minimum Gasteiger partial charge on any atom is -0.338 e. The van der Waals surface area contributed by atoms with E-state index in [9.17, 15) is 9.59 Å². The van der Waals surface area contributed by atoms with Gasteiger partial charge in [0.05, 0.1) is 6.54 Å². The van der Waals surface area contributed by atoms with Crippen molar-refractivity contribution in [3.63, 3.8) is 0 Å². The number of hydrogen-bond acceptors (Lipinski definition) is 5. The minimum absolute atomic E-state index is 0.133. The lowest BCUT2D eigenvalue weighted by atomic mass is 9.96. The topological polar surface area (TPSA) is 87.1 Å². The SMILES string of the molecule is CN(C)Cc1nnc(C2CCCN(C(=O)c3ccc[nH]c3=O)C2)n1C. The number of carbonyl (C=O) groups excluding carboxylic acids is 1. The van der Waals surface area contributed by atoms with Crippen LogP contribution in [0.1, 0.15) is 40.8 Å². The van der Waals surface area contributed by atoms with Gasteiger partial charge in [-0.1, -0.05) is 0 Å². The fourth-order valence-corrected chi connectivity index (χ4v) is 3.28. The van der Waals surface area contributed by atoms with Gasteiger partial charge in [-0.05, 0) is 39.1 Å². The summed E-state index contributed by atoms with van der Waals surface area (Å²) in [6, 6.07) is 3.24. The van der Waals surface area contributed by atoms with Gasteiger partial charge in [0.2, 0.25) is 0 Å². The van der Waals surface area contributed by atoms with Crippen LogP contribution in [-0.2, 0) is 13.6 Å². The van der Waals surface area contributed by atoms with Gasteiger partial charge in [-0.25, -0.2) is 0 Å². The highest BCUT2D eigenvalue weighted by Crippen LogP contribution is 2.26. The third-order valence-electron chi connectivity index (χ3n) is 4.58. The van der Waals surface area contributed by atoms with Crippen LogP contribution in [0.3, 0.4) is 0 Å². The lowest BCUT2D eigenvalue weighted by Gasteiger charge is -2.32. The highest BCUT2D eigenvalue weighted by atomic mass is 16.2. The summed E-state index contributed by atoms with van der Waals surface area (Å²) in [5, 5.41) is 8.64. The van der Waals surface area contributed by atoms with Gasteiger partial charge in [-0.3, -0.25) is 9.59 Å². The summed E-state index contributed by atoms with van der Waals surface area (Å²) in [5.74, 6) is 1.72. The smallest absolute Gasteiger partial charge is 0.260 e. The molecule has 1 unspecified atom stereocenters. The summed E-state index contributed by atoms with van der Waals surface area (Å²) in [6.07, 6.45) is 3.38.